The van der Waals surface area contributed by atoms with Gasteiger partial charge in [0, 0.05) is 11.7 Å². The van der Waals surface area contributed by atoms with Crippen molar-refractivity contribution in [1.29, 1.82) is 0 Å². The fraction of sp³-hybridized carbons (Fsp3) is 0.292. The predicted octanol–water partition coefficient (Wildman–Crippen LogP) is 5.24. The number of carbonyl (C=O) groups is 2. The van der Waals surface area contributed by atoms with Crippen LogP contribution in [-0.4, -0.2) is 33.7 Å². The Hall–Kier alpha value is -2.64. The van der Waals surface area contributed by atoms with Gasteiger partial charge in [-0.1, -0.05) is 53.8 Å². The molecule has 1 fully saturated rings. The van der Waals surface area contributed by atoms with Crippen molar-refractivity contribution in [3.63, 3.8) is 0 Å². The van der Waals surface area contributed by atoms with Crippen molar-refractivity contribution < 1.29 is 14.3 Å². The van der Waals surface area contributed by atoms with Crippen molar-refractivity contribution in [2.45, 2.75) is 40.7 Å². The Morgan fingerprint density at radius 3 is 2.32 bits per heavy atom. The summed E-state index contributed by atoms with van der Waals surface area (Å²) in [5.74, 6) is 0.305. The number of rotatable bonds is 6. The van der Waals surface area contributed by atoms with E-state index in [4.69, 9.17) is 17.0 Å². The molecule has 0 unspecified atom stereocenters. The lowest BCUT2D eigenvalue weighted by atomic mass is 10.1. The van der Waals surface area contributed by atoms with Crippen LogP contribution in [0.3, 0.4) is 0 Å². The molecule has 0 saturated carbocycles. The SMILES string of the molecule is Cc1cc(C)c(NC(=O)COc2ccc(/C=C3\SC(=S)N(C(C)C)C3=O)cc2)c(C)c1. The Balaban J connectivity index is 1.60. The largest absolute Gasteiger partial charge is 0.484 e. The van der Waals surface area contributed by atoms with Gasteiger partial charge in [0.1, 0.15) is 10.1 Å². The van der Waals surface area contributed by atoms with E-state index in [-0.39, 0.29) is 24.5 Å². The molecule has 1 saturated heterocycles. The lowest BCUT2D eigenvalue weighted by Gasteiger charge is -2.18. The zero-order chi connectivity index (χ0) is 22.7. The van der Waals surface area contributed by atoms with E-state index in [1.54, 1.807) is 17.0 Å². The minimum atomic E-state index is -0.212. The van der Waals surface area contributed by atoms with Crippen LogP contribution in [0.2, 0.25) is 0 Å². The van der Waals surface area contributed by atoms with Crippen LogP contribution in [0.5, 0.6) is 5.75 Å². The number of nitrogens with zero attached hydrogens (tertiary/aromatic N) is 1. The van der Waals surface area contributed by atoms with Gasteiger partial charge in [-0.2, -0.15) is 0 Å². The Morgan fingerprint density at radius 2 is 1.77 bits per heavy atom. The first kappa shape index (κ1) is 23.0. The lowest BCUT2D eigenvalue weighted by molar-refractivity contribution is -0.123. The summed E-state index contributed by atoms with van der Waals surface area (Å²) in [6.07, 6.45) is 1.82. The van der Waals surface area contributed by atoms with Crippen LogP contribution in [0.1, 0.15) is 36.1 Å². The molecule has 7 heteroatoms. The molecule has 1 aliphatic heterocycles. The van der Waals surface area contributed by atoms with Crippen molar-refractivity contribution in [3.05, 3.63) is 63.6 Å². The van der Waals surface area contributed by atoms with Gasteiger partial charge in [0.2, 0.25) is 0 Å². The molecule has 0 aliphatic carbocycles. The molecule has 0 radical (unpaired) electrons. The second-order valence-electron chi connectivity index (χ2n) is 7.83. The van der Waals surface area contributed by atoms with Gasteiger partial charge < -0.3 is 10.1 Å². The molecule has 162 valence electrons. The molecule has 0 aromatic heterocycles. The highest BCUT2D eigenvalue weighted by molar-refractivity contribution is 8.26. The molecule has 1 aliphatic rings. The second kappa shape index (κ2) is 9.66. The second-order valence-corrected chi connectivity index (χ2v) is 9.50. The molecule has 2 aromatic rings. The predicted molar refractivity (Wildman–Crippen MR) is 131 cm³/mol. The number of hydrogen-bond acceptors (Lipinski definition) is 5. The smallest absolute Gasteiger partial charge is 0.266 e. The molecule has 0 bridgehead atoms. The number of carbonyl (C=O) groups excluding carboxylic acids is 2. The van der Waals surface area contributed by atoms with Gasteiger partial charge in [-0.15, -0.1) is 0 Å². The third-order valence-corrected chi connectivity index (χ3v) is 6.16. The maximum absolute atomic E-state index is 12.5. The summed E-state index contributed by atoms with van der Waals surface area (Å²) in [7, 11) is 0. The van der Waals surface area contributed by atoms with Crippen molar-refractivity contribution >= 4 is 51.9 Å². The molecule has 2 amide bonds. The van der Waals surface area contributed by atoms with Crippen LogP contribution in [0, 0.1) is 20.8 Å². The molecule has 31 heavy (non-hydrogen) atoms. The Kier molecular flexibility index (Phi) is 7.18. The molecule has 3 rings (SSSR count). The maximum atomic E-state index is 12.5. The summed E-state index contributed by atoms with van der Waals surface area (Å²) >= 11 is 6.62. The normalized spacial score (nSPS) is 15.2. The van der Waals surface area contributed by atoms with Crippen molar-refractivity contribution in [2.24, 2.45) is 0 Å². The molecule has 1 heterocycles. The Morgan fingerprint density at radius 1 is 1.16 bits per heavy atom. The highest BCUT2D eigenvalue weighted by Crippen LogP contribution is 2.34. The summed E-state index contributed by atoms with van der Waals surface area (Å²) in [4.78, 5) is 27.1. The van der Waals surface area contributed by atoms with Gasteiger partial charge in [-0.05, 0) is 69.5 Å². The van der Waals surface area contributed by atoms with E-state index in [1.165, 1.54) is 11.8 Å². The summed E-state index contributed by atoms with van der Waals surface area (Å²) in [6.45, 7) is 9.78. The fourth-order valence-electron chi connectivity index (χ4n) is 3.44. The van der Waals surface area contributed by atoms with Crippen LogP contribution in [0.15, 0.2) is 41.3 Å². The van der Waals surface area contributed by atoms with Gasteiger partial charge in [0.05, 0.1) is 4.91 Å². The van der Waals surface area contributed by atoms with Crippen LogP contribution < -0.4 is 10.1 Å². The third kappa shape index (κ3) is 5.54. The topological polar surface area (TPSA) is 58.6 Å². The van der Waals surface area contributed by atoms with Gasteiger partial charge in [0.25, 0.3) is 11.8 Å². The van der Waals surface area contributed by atoms with Crippen LogP contribution in [-0.2, 0) is 9.59 Å². The highest BCUT2D eigenvalue weighted by Gasteiger charge is 2.33. The molecular weight excluding hydrogens is 428 g/mol. The number of hydrogen-bond donors (Lipinski definition) is 1. The average molecular weight is 455 g/mol. The van der Waals surface area contributed by atoms with Crippen LogP contribution >= 0.6 is 24.0 Å². The molecule has 0 spiro atoms. The van der Waals surface area contributed by atoms with Crippen molar-refractivity contribution in [3.8, 4) is 5.75 Å². The number of nitrogens with one attached hydrogen (secondary N) is 1. The number of benzene rings is 2. The van der Waals surface area contributed by atoms with E-state index in [2.05, 4.69) is 5.32 Å². The summed E-state index contributed by atoms with van der Waals surface area (Å²) < 4.78 is 6.20. The molecule has 5 nitrogen and oxygen atoms in total. The Labute approximate surface area is 192 Å². The van der Waals surface area contributed by atoms with E-state index < -0.39 is 0 Å². The minimum Gasteiger partial charge on any atom is -0.484 e. The number of aryl methyl sites for hydroxylation is 3. The van der Waals surface area contributed by atoms with Crippen molar-refractivity contribution in [2.75, 3.05) is 11.9 Å². The first-order valence-corrected chi connectivity index (χ1v) is 11.3. The van der Waals surface area contributed by atoms with E-state index in [9.17, 15) is 9.59 Å². The first-order valence-electron chi connectivity index (χ1n) is 10.0. The number of thioether (sulfide) groups is 1. The number of thiocarbonyl (C=S) groups is 1. The number of ether oxygens (including phenoxy) is 1. The van der Waals surface area contributed by atoms with Crippen LogP contribution in [0.25, 0.3) is 6.08 Å². The molecular formula is C24H26N2O3S2. The number of anilines is 1. The summed E-state index contributed by atoms with van der Waals surface area (Å²) in [6, 6.07) is 11.4. The summed E-state index contributed by atoms with van der Waals surface area (Å²) in [5.41, 5.74) is 4.91. The maximum Gasteiger partial charge on any atom is 0.266 e. The monoisotopic (exact) mass is 454 g/mol. The third-order valence-electron chi connectivity index (χ3n) is 4.83. The molecule has 0 atom stereocenters. The van der Waals surface area contributed by atoms with Gasteiger partial charge in [-0.25, -0.2) is 0 Å². The molecule has 2 aromatic carbocycles. The Bertz CT molecular complexity index is 1040. The zero-order valence-electron chi connectivity index (χ0n) is 18.3. The van der Waals surface area contributed by atoms with Gasteiger partial charge >= 0.3 is 0 Å². The van der Waals surface area contributed by atoms with Gasteiger partial charge in [0.15, 0.2) is 6.61 Å². The van der Waals surface area contributed by atoms with E-state index in [0.717, 1.165) is 27.9 Å². The standard InChI is InChI=1S/C24H26N2O3S2/c1-14(2)26-23(28)20(31-24(26)30)12-18-6-8-19(9-7-18)29-13-21(27)25-22-16(4)10-15(3)11-17(22)5/h6-12,14H,13H2,1-5H3,(H,25,27)/b20-12-. The first-order chi connectivity index (χ1) is 14.7. The average Bonchev–Trinajstić information content (AvgIpc) is 2.97. The van der Waals surface area contributed by atoms with E-state index in [1.807, 2.05) is 65.0 Å². The fourth-order valence-corrected chi connectivity index (χ4v) is 4.96. The van der Waals surface area contributed by atoms with Gasteiger partial charge in [-0.3, -0.25) is 14.5 Å². The van der Waals surface area contributed by atoms with E-state index >= 15 is 0 Å². The quantitative estimate of drug-likeness (QED) is 0.478. The minimum absolute atomic E-state index is 0.0350. The highest BCUT2D eigenvalue weighted by atomic mass is 32.2. The van der Waals surface area contributed by atoms with Crippen molar-refractivity contribution in [1.82, 2.24) is 4.90 Å². The number of amides is 2. The van der Waals surface area contributed by atoms with E-state index in [0.29, 0.717) is 15.0 Å². The summed E-state index contributed by atoms with van der Waals surface area (Å²) in [5, 5.41) is 2.93. The molecule has 1 N–H and O–H groups in total. The lowest BCUT2D eigenvalue weighted by Crippen LogP contribution is -2.34. The van der Waals surface area contributed by atoms with Crippen LogP contribution in [0.4, 0.5) is 5.69 Å². The zero-order valence-corrected chi connectivity index (χ0v) is 19.9.